The molecule has 1 rings (SSSR count). The molecule has 112 valence electrons. The number of nitrogens with one attached hydrogen (secondary N) is 1. The van der Waals surface area contributed by atoms with Crippen LogP contribution in [-0.2, 0) is 22.5 Å². The highest BCUT2D eigenvalue weighted by atomic mass is 16.5. The van der Waals surface area contributed by atoms with Crippen molar-refractivity contribution in [2.24, 2.45) is 11.8 Å². The number of benzene rings is 1. The molecule has 0 aliphatic heterocycles. The number of rotatable bonds is 7. The Balaban J connectivity index is 2.58. The third kappa shape index (κ3) is 5.33. The standard InChI is InChI=1S/C17H27NO2/c1-12(2)10-14-6-8-15(9-7-14)11-18-16(13(3)4)17(19)20-5/h6-9,12-13,16,18H,10-11H2,1-5H3/t16-/m0/s1. The van der Waals surface area contributed by atoms with Crippen molar-refractivity contribution < 1.29 is 9.53 Å². The second-order valence-corrected chi connectivity index (χ2v) is 6.04. The summed E-state index contributed by atoms with van der Waals surface area (Å²) in [5.41, 5.74) is 2.55. The third-order valence-electron chi connectivity index (χ3n) is 3.31. The second kappa shape index (κ2) is 8.05. The van der Waals surface area contributed by atoms with E-state index in [0.29, 0.717) is 12.5 Å². The van der Waals surface area contributed by atoms with Gasteiger partial charge in [0.25, 0.3) is 0 Å². The molecule has 0 aliphatic rings. The zero-order valence-corrected chi connectivity index (χ0v) is 13.3. The second-order valence-electron chi connectivity index (χ2n) is 6.04. The zero-order chi connectivity index (χ0) is 15.1. The molecule has 0 unspecified atom stereocenters. The summed E-state index contributed by atoms with van der Waals surface area (Å²) in [7, 11) is 1.43. The van der Waals surface area contributed by atoms with Gasteiger partial charge in [-0.25, -0.2) is 0 Å². The summed E-state index contributed by atoms with van der Waals surface area (Å²) in [5.74, 6) is 0.683. The average molecular weight is 277 g/mol. The van der Waals surface area contributed by atoms with Gasteiger partial charge in [-0.1, -0.05) is 52.0 Å². The molecule has 0 aliphatic carbocycles. The minimum Gasteiger partial charge on any atom is -0.468 e. The van der Waals surface area contributed by atoms with E-state index in [1.165, 1.54) is 18.2 Å². The van der Waals surface area contributed by atoms with E-state index in [-0.39, 0.29) is 17.9 Å². The van der Waals surface area contributed by atoms with Crippen LogP contribution in [0.4, 0.5) is 0 Å². The topological polar surface area (TPSA) is 38.3 Å². The van der Waals surface area contributed by atoms with Crippen LogP contribution in [0.5, 0.6) is 0 Å². The monoisotopic (exact) mass is 277 g/mol. The molecule has 3 nitrogen and oxygen atoms in total. The maximum absolute atomic E-state index is 11.7. The fraction of sp³-hybridized carbons (Fsp3) is 0.588. The lowest BCUT2D eigenvalue weighted by Gasteiger charge is -2.20. The van der Waals surface area contributed by atoms with Crippen LogP contribution in [0.15, 0.2) is 24.3 Å². The van der Waals surface area contributed by atoms with Crippen molar-refractivity contribution in [2.45, 2.75) is 46.7 Å². The number of hydrogen-bond donors (Lipinski definition) is 1. The number of ether oxygens (including phenoxy) is 1. The molecule has 0 fully saturated rings. The Kier molecular flexibility index (Phi) is 6.73. The van der Waals surface area contributed by atoms with Crippen LogP contribution >= 0.6 is 0 Å². The molecule has 1 aromatic rings. The van der Waals surface area contributed by atoms with Gasteiger partial charge in [0.15, 0.2) is 0 Å². The number of carbonyl (C=O) groups is 1. The van der Waals surface area contributed by atoms with Gasteiger partial charge in [0.05, 0.1) is 7.11 Å². The van der Waals surface area contributed by atoms with E-state index in [9.17, 15) is 4.79 Å². The predicted octanol–water partition coefficient (Wildman–Crippen LogP) is 3.17. The van der Waals surface area contributed by atoms with Crippen LogP contribution in [0, 0.1) is 11.8 Å². The van der Waals surface area contributed by atoms with E-state index in [4.69, 9.17) is 4.74 Å². The maximum Gasteiger partial charge on any atom is 0.323 e. The molecule has 0 amide bonds. The number of esters is 1. The summed E-state index contributed by atoms with van der Waals surface area (Å²) in [4.78, 5) is 11.7. The smallest absolute Gasteiger partial charge is 0.323 e. The van der Waals surface area contributed by atoms with E-state index in [0.717, 1.165) is 6.42 Å². The first-order valence-corrected chi connectivity index (χ1v) is 7.33. The van der Waals surface area contributed by atoms with E-state index in [1.807, 2.05) is 13.8 Å². The summed E-state index contributed by atoms with van der Waals surface area (Å²) >= 11 is 0. The first-order chi connectivity index (χ1) is 9.43. The van der Waals surface area contributed by atoms with Crippen molar-refractivity contribution in [3.05, 3.63) is 35.4 Å². The van der Waals surface area contributed by atoms with E-state index >= 15 is 0 Å². The van der Waals surface area contributed by atoms with Crippen molar-refractivity contribution in [1.29, 1.82) is 0 Å². The van der Waals surface area contributed by atoms with Crippen LogP contribution < -0.4 is 5.32 Å². The average Bonchev–Trinajstić information content (AvgIpc) is 2.39. The quantitative estimate of drug-likeness (QED) is 0.778. The molecule has 0 spiro atoms. The molecule has 0 saturated heterocycles. The SMILES string of the molecule is COC(=O)[C@@H](NCc1ccc(CC(C)C)cc1)C(C)C. The highest BCUT2D eigenvalue weighted by Crippen LogP contribution is 2.11. The Morgan fingerprint density at radius 3 is 2.10 bits per heavy atom. The predicted molar refractivity (Wildman–Crippen MR) is 82.5 cm³/mol. The summed E-state index contributed by atoms with van der Waals surface area (Å²) < 4.78 is 4.82. The third-order valence-corrected chi connectivity index (χ3v) is 3.31. The molecule has 1 aromatic carbocycles. The molecule has 0 aromatic heterocycles. The number of hydrogen-bond acceptors (Lipinski definition) is 3. The Hall–Kier alpha value is -1.35. The van der Waals surface area contributed by atoms with Gasteiger partial charge in [-0.2, -0.15) is 0 Å². The van der Waals surface area contributed by atoms with Crippen molar-refractivity contribution in [3.8, 4) is 0 Å². The lowest BCUT2D eigenvalue weighted by atomic mass is 10.0. The fourth-order valence-corrected chi connectivity index (χ4v) is 2.21. The van der Waals surface area contributed by atoms with Crippen LogP contribution in [0.25, 0.3) is 0 Å². The van der Waals surface area contributed by atoms with Gasteiger partial charge in [0, 0.05) is 6.54 Å². The van der Waals surface area contributed by atoms with Crippen molar-refractivity contribution in [1.82, 2.24) is 5.32 Å². The fourth-order valence-electron chi connectivity index (χ4n) is 2.21. The zero-order valence-electron chi connectivity index (χ0n) is 13.3. The molecule has 1 N–H and O–H groups in total. The van der Waals surface area contributed by atoms with Gasteiger partial charge in [-0.05, 0) is 29.4 Å². The van der Waals surface area contributed by atoms with Crippen molar-refractivity contribution in [3.63, 3.8) is 0 Å². The number of carbonyl (C=O) groups excluding carboxylic acids is 1. The highest BCUT2D eigenvalue weighted by molar-refractivity contribution is 5.75. The van der Waals surface area contributed by atoms with Crippen LogP contribution in [0.1, 0.15) is 38.8 Å². The van der Waals surface area contributed by atoms with Gasteiger partial charge in [0.2, 0.25) is 0 Å². The summed E-state index contributed by atoms with van der Waals surface area (Å²) in [6.45, 7) is 9.15. The lowest BCUT2D eigenvalue weighted by molar-refractivity contribution is -0.144. The molecule has 1 atom stereocenters. The molecule has 0 radical (unpaired) electrons. The highest BCUT2D eigenvalue weighted by Gasteiger charge is 2.21. The maximum atomic E-state index is 11.7. The minimum absolute atomic E-state index is 0.198. The van der Waals surface area contributed by atoms with Crippen LogP contribution in [0.3, 0.4) is 0 Å². The first kappa shape index (κ1) is 16.7. The largest absolute Gasteiger partial charge is 0.468 e. The Labute approximate surface area is 122 Å². The number of methoxy groups -OCH3 is 1. The van der Waals surface area contributed by atoms with Crippen LogP contribution in [-0.4, -0.2) is 19.1 Å². The van der Waals surface area contributed by atoms with Crippen LogP contribution in [0.2, 0.25) is 0 Å². The van der Waals surface area contributed by atoms with E-state index < -0.39 is 0 Å². The summed E-state index contributed by atoms with van der Waals surface area (Å²) in [5, 5.41) is 3.27. The molecule has 20 heavy (non-hydrogen) atoms. The molecule has 0 bridgehead atoms. The Morgan fingerprint density at radius 1 is 1.10 bits per heavy atom. The minimum atomic E-state index is -0.254. The van der Waals surface area contributed by atoms with Gasteiger partial charge < -0.3 is 10.1 Å². The van der Waals surface area contributed by atoms with Crippen molar-refractivity contribution >= 4 is 5.97 Å². The normalized spacial score (nSPS) is 12.8. The van der Waals surface area contributed by atoms with E-state index in [1.54, 1.807) is 0 Å². The lowest BCUT2D eigenvalue weighted by Crippen LogP contribution is -2.41. The molecule has 0 heterocycles. The molecular formula is C17H27NO2. The van der Waals surface area contributed by atoms with Gasteiger partial charge in [0.1, 0.15) is 6.04 Å². The molecule has 3 heteroatoms. The molecule has 0 saturated carbocycles. The van der Waals surface area contributed by atoms with Crippen molar-refractivity contribution in [2.75, 3.05) is 7.11 Å². The summed E-state index contributed by atoms with van der Waals surface area (Å²) in [6, 6.07) is 8.33. The van der Waals surface area contributed by atoms with Gasteiger partial charge in [-0.3, -0.25) is 4.79 Å². The van der Waals surface area contributed by atoms with E-state index in [2.05, 4.69) is 43.4 Å². The molecular weight excluding hydrogens is 250 g/mol. The first-order valence-electron chi connectivity index (χ1n) is 7.33. The Morgan fingerprint density at radius 2 is 1.65 bits per heavy atom. The Bertz CT molecular complexity index is 410. The van der Waals surface area contributed by atoms with Gasteiger partial charge >= 0.3 is 5.97 Å². The van der Waals surface area contributed by atoms with Gasteiger partial charge in [-0.15, -0.1) is 0 Å². The summed E-state index contributed by atoms with van der Waals surface area (Å²) in [6.07, 6.45) is 1.10.